The monoisotopic (exact) mass is 391 g/mol. The van der Waals surface area contributed by atoms with Gasteiger partial charge < -0.3 is 14.2 Å². The minimum Gasteiger partial charge on any atom is -0.490 e. The lowest BCUT2D eigenvalue weighted by Gasteiger charge is -2.17. The maximum Gasteiger partial charge on any atom is 0.227 e. The van der Waals surface area contributed by atoms with Crippen LogP contribution in [0.15, 0.2) is 46.3 Å². The molecule has 0 aliphatic heterocycles. The number of rotatable bonds is 8. The topological polar surface area (TPSA) is 68.5 Å². The molecule has 0 N–H and O–H groups in total. The first-order valence-corrected chi connectivity index (χ1v) is 9.37. The van der Waals surface area contributed by atoms with Crippen molar-refractivity contribution in [2.45, 2.75) is 12.8 Å². The number of likely N-dealkylation sites (N-methyl/N-ethyl adjacent to an activating group) is 1. The zero-order chi connectivity index (χ0) is 18.4. The van der Waals surface area contributed by atoms with Gasteiger partial charge in [0.1, 0.15) is 12.4 Å². The van der Waals surface area contributed by atoms with E-state index < -0.39 is 0 Å². The summed E-state index contributed by atoms with van der Waals surface area (Å²) in [6.07, 6.45) is 0.710. The number of ether oxygens (including phenoxy) is 1. The Kier molecular flexibility index (Phi) is 6.25. The molecule has 0 aliphatic carbocycles. The van der Waals surface area contributed by atoms with E-state index in [0.717, 1.165) is 4.88 Å². The average molecular weight is 392 g/mol. The van der Waals surface area contributed by atoms with Crippen molar-refractivity contribution >= 4 is 28.8 Å². The highest BCUT2D eigenvalue weighted by molar-refractivity contribution is 7.13. The van der Waals surface area contributed by atoms with E-state index in [9.17, 15) is 4.79 Å². The zero-order valence-electron chi connectivity index (χ0n) is 14.2. The Hall–Kier alpha value is -2.38. The van der Waals surface area contributed by atoms with E-state index in [1.807, 2.05) is 29.6 Å². The maximum atomic E-state index is 12.2. The summed E-state index contributed by atoms with van der Waals surface area (Å²) in [5.41, 5.74) is 0. The van der Waals surface area contributed by atoms with Gasteiger partial charge >= 0.3 is 0 Å². The zero-order valence-corrected chi connectivity index (χ0v) is 15.8. The molecular formula is C18H18ClN3O3S. The minimum absolute atomic E-state index is 0.0105. The molecule has 0 spiro atoms. The largest absolute Gasteiger partial charge is 0.490 e. The number of nitrogens with zero attached hydrogens (tertiary/aromatic N) is 3. The van der Waals surface area contributed by atoms with Gasteiger partial charge in [-0.15, -0.1) is 11.3 Å². The van der Waals surface area contributed by atoms with Crippen LogP contribution in [0, 0.1) is 0 Å². The van der Waals surface area contributed by atoms with Gasteiger partial charge in [-0.2, -0.15) is 4.98 Å². The number of hydrogen-bond donors (Lipinski definition) is 0. The molecular weight excluding hydrogens is 374 g/mol. The van der Waals surface area contributed by atoms with Crippen LogP contribution in [0.5, 0.6) is 5.75 Å². The van der Waals surface area contributed by atoms with Gasteiger partial charge in [0.05, 0.1) is 16.4 Å². The molecule has 2 heterocycles. The highest BCUT2D eigenvalue weighted by Crippen LogP contribution is 2.23. The molecule has 0 radical (unpaired) electrons. The summed E-state index contributed by atoms with van der Waals surface area (Å²) in [6.45, 7) is 0.837. The van der Waals surface area contributed by atoms with Crippen LogP contribution in [-0.2, 0) is 11.2 Å². The molecule has 1 amide bonds. The summed E-state index contributed by atoms with van der Waals surface area (Å²) in [5, 5.41) is 6.45. The highest BCUT2D eigenvalue weighted by Gasteiger charge is 2.14. The molecule has 3 rings (SSSR count). The average Bonchev–Trinajstić information content (AvgIpc) is 3.32. The van der Waals surface area contributed by atoms with Crippen molar-refractivity contribution in [3.05, 3.63) is 52.7 Å². The van der Waals surface area contributed by atoms with Crippen LogP contribution in [0.3, 0.4) is 0 Å². The molecule has 0 atom stereocenters. The lowest BCUT2D eigenvalue weighted by atomic mass is 10.3. The standard InChI is InChI=1S/C18H18ClN3O3S/c1-22(10-11-24-14-6-3-2-5-13(14)19)17(23)9-8-16-20-18(21-25-16)15-7-4-12-26-15/h2-7,12H,8-11H2,1H3. The third-order valence-corrected chi connectivity index (χ3v) is 4.89. The molecule has 0 bridgehead atoms. The highest BCUT2D eigenvalue weighted by atomic mass is 35.5. The fourth-order valence-corrected chi connectivity index (χ4v) is 3.09. The lowest BCUT2D eigenvalue weighted by Crippen LogP contribution is -2.31. The van der Waals surface area contributed by atoms with Gasteiger partial charge in [-0.25, -0.2) is 0 Å². The van der Waals surface area contributed by atoms with Gasteiger partial charge in [-0.1, -0.05) is 35.0 Å². The van der Waals surface area contributed by atoms with Gasteiger partial charge in [0.25, 0.3) is 0 Å². The van der Waals surface area contributed by atoms with Crippen LogP contribution in [0.2, 0.25) is 5.02 Å². The van der Waals surface area contributed by atoms with Crippen LogP contribution < -0.4 is 4.74 Å². The number of thiophene rings is 1. The van der Waals surface area contributed by atoms with Crippen molar-refractivity contribution in [2.75, 3.05) is 20.2 Å². The lowest BCUT2D eigenvalue weighted by molar-refractivity contribution is -0.130. The van der Waals surface area contributed by atoms with E-state index >= 15 is 0 Å². The molecule has 0 aliphatic rings. The van der Waals surface area contributed by atoms with Gasteiger partial charge in [0.15, 0.2) is 0 Å². The van der Waals surface area contributed by atoms with Crippen LogP contribution >= 0.6 is 22.9 Å². The van der Waals surface area contributed by atoms with Crippen LogP contribution in [-0.4, -0.2) is 41.1 Å². The molecule has 8 heteroatoms. The summed E-state index contributed by atoms with van der Waals surface area (Å²) >= 11 is 7.57. The molecule has 0 saturated carbocycles. The van der Waals surface area contributed by atoms with Gasteiger partial charge in [-0.3, -0.25) is 4.79 Å². The SMILES string of the molecule is CN(CCOc1ccccc1Cl)C(=O)CCc1nc(-c2cccs2)no1. The third kappa shape index (κ3) is 4.83. The first-order valence-electron chi connectivity index (χ1n) is 8.11. The van der Waals surface area contributed by atoms with Crippen molar-refractivity contribution in [2.24, 2.45) is 0 Å². The Bertz CT molecular complexity index is 851. The third-order valence-electron chi connectivity index (χ3n) is 3.71. The van der Waals surface area contributed by atoms with Crippen LogP contribution in [0.1, 0.15) is 12.3 Å². The van der Waals surface area contributed by atoms with E-state index in [4.69, 9.17) is 20.9 Å². The normalized spacial score (nSPS) is 10.7. The van der Waals surface area contributed by atoms with Crippen LogP contribution in [0.25, 0.3) is 10.7 Å². The number of para-hydroxylation sites is 1. The number of amides is 1. The second kappa shape index (κ2) is 8.82. The summed E-state index contributed by atoms with van der Waals surface area (Å²) in [5.74, 6) is 1.62. The fourth-order valence-electron chi connectivity index (χ4n) is 2.25. The van der Waals surface area contributed by atoms with E-state index in [1.165, 1.54) is 0 Å². The van der Waals surface area contributed by atoms with Crippen molar-refractivity contribution in [3.8, 4) is 16.5 Å². The molecule has 2 aromatic heterocycles. The molecule has 0 fully saturated rings. The summed E-state index contributed by atoms with van der Waals surface area (Å²) < 4.78 is 10.8. The minimum atomic E-state index is -0.0105. The quantitative estimate of drug-likeness (QED) is 0.582. The van der Waals surface area contributed by atoms with E-state index in [2.05, 4.69) is 10.1 Å². The molecule has 6 nitrogen and oxygen atoms in total. The number of aromatic nitrogens is 2. The molecule has 1 aromatic carbocycles. The summed E-state index contributed by atoms with van der Waals surface area (Å²) in [6, 6.07) is 11.1. The second-order valence-electron chi connectivity index (χ2n) is 5.58. The Labute approximate surface area is 160 Å². The second-order valence-corrected chi connectivity index (χ2v) is 6.94. The predicted octanol–water partition coefficient (Wildman–Crippen LogP) is 3.92. The van der Waals surface area contributed by atoms with E-state index in [0.29, 0.717) is 48.5 Å². The van der Waals surface area contributed by atoms with Crippen LogP contribution in [0.4, 0.5) is 0 Å². The van der Waals surface area contributed by atoms with Crippen molar-refractivity contribution in [3.63, 3.8) is 0 Å². The number of carbonyl (C=O) groups excluding carboxylic acids is 1. The molecule has 26 heavy (non-hydrogen) atoms. The Balaban J connectivity index is 1.42. The number of benzene rings is 1. The fraction of sp³-hybridized carbons (Fsp3) is 0.278. The maximum absolute atomic E-state index is 12.2. The predicted molar refractivity (Wildman–Crippen MR) is 101 cm³/mol. The Morgan fingerprint density at radius 2 is 2.15 bits per heavy atom. The molecule has 3 aromatic rings. The molecule has 136 valence electrons. The van der Waals surface area contributed by atoms with Crippen molar-refractivity contribution in [1.82, 2.24) is 15.0 Å². The summed E-state index contributed by atoms with van der Waals surface area (Å²) in [7, 11) is 1.74. The van der Waals surface area contributed by atoms with Crippen molar-refractivity contribution in [1.29, 1.82) is 0 Å². The van der Waals surface area contributed by atoms with Gasteiger partial charge in [0, 0.05) is 19.9 Å². The Morgan fingerprint density at radius 3 is 2.92 bits per heavy atom. The molecule has 0 unspecified atom stereocenters. The first kappa shape index (κ1) is 18.4. The molecule has 0 saturated heterocycles. The Morgan fingerprint density at radius 1 is 1.31 bits per heavy atom. The first-order chi connectivity index (χ1) is 12.6. The smallest absolute Gasteiger partial charge is 0.227 e. The van der Waals surface area contributed by atoms with E-state index in [1.54, 1.807) is 35.4 Å². The van der Waals surface area contributed by atoms with Crippen molar-refractivity contribution < 1.29 is 14.1 Å². The number of carbonyl (C=O) groups is 1. The van der Waals surface area contributed by atoms with E-state index in [-0.39, 0.29) is 5.91 Å². The van der Waals surface area contributed by atoms with Gasteiger partial charge in [0.2, 0.25) is 17.6 Å². The number of halogens is 1. The summed E-state index contributed by atoms with van der Waals surface area (Å²) in [4.78, 5) is 19.1. The van der Waals surface area contributed by atoms with Gasteiger partial charge in [-0.05, 0) is 23.6 Å². The number of hydrogen-bond acceptors (Lipinski definition) is 6. The number of aryl methyl sites for hydroxylation is 1.